The van der Waals surface area contributed by atoms with Gasteiger partial charge in [0.2, 0.25) is 0 Å². The minimum Gasteiger partial charge on any atom is -0.478 e. The van der Waals surface area contributed by atoms with E-state index in [1.54, 1.807) is 24.3 Å². The van der Waals surface area contributed by atoms with E-state index in [1.807, 2.05) is 6.92 Å². The second-order valence-electron chi connectivity index (χ2n) is 3.74. The first-order valence-corrected chi connectivity index (χ1v) is 4.82. The third-order valence-electron chi connectivity index (χ3n) is 2.61. The number of hydrogen-bond donors (Lipinski definition) is 2. The molecule has 0 radical (unpaired) electrons. The van der Waals surface area contributed by atoms with Crippen LogP contribution in [0.1, 0.15) is 11.1 Å². The van der Waals surface area contributed by atoms with Crippen molar-refractivity contribution in [2.45, 2.75) is 12.5 Å². The Kier molecular flexibility index (Phi) is 2.30. The molecule has 2 N–H and O–H groups in total. The van der Waals surface area contributed by atoms with Gasteiger partial charge in [-0.05, 0) is 6.92 Å². The molecule has 1 aliphatic heterocycles. The first-order valence-electron chi connectivity index (χ1n) is 4.82. The highest BCUT2D eigenvalue weighted by Crippen LogP contribution is 2.29. The molecule has 1 aromatic carbocycles. The number of carboxylic acids is 1. The number of cyclic esters (lactones) is 1. The molecular formula is C11H11NO4. The van der Waals surface area contributed by atoms with E-state index < -0.39 is 17.7 Å². The Balaban J connectivity index is 2.44. The standard InChI is InChI=1S/C11H11NO4/c1-7-2-4-8(5-3-7)11(9(13)14)6-12-10(15)16-11/h2-5H,6H2,1H3,(H,12,15)(H,13,14). The topological polar surface area (TPSA) is 75.6 Å². The number of benzene rings is 1. The molecule has 84 valence electrons. The number of hydrogen-bond acceptors (Lipinski definition) is 3. The molecular weight excluding hydrogens is 210 g/mol. The molecule has 5 nitrogen and oxygen atoms in total. The van der Waals surface area contributed by atoms with E-state index in [0.717, 1.165) is 5.56 Å². The Morgan fingerprint density at radius 1 is 1.44 bits per heavy atom. The van der Waals surface area contributed by atoms with E-state index in [-0.39, 0.29) is 6.54 Å². The lowest BCUT2D eigenvalue weighted by Crippen LogP contribution is -2.39. The summed E-state index contributed by atoms with van der Waals surface area (Å²) in [5.41, 5.74) is -0.115. The summed E-state index contributed by atoms with van der Waals surface area (Å²) in [6, 6.07) is 6.88. The zero-order valence-corrected chi connectivity index (χ0v) is 8.69. The molecule has 1 amide bonds. The van der Waals surface area contributed by atoms with Crippen molar-refractivity contribution < 1.29 is 19.4 Å². The van der Waals surface area contributed by atoms with Gasteiger partial charge in [0.05, 0.1) is 6.54 Å². The maximum Gasteiger partial charge on any atom is 0.408 e. The third kappa shape index (κ3) is 1.50. The van der Waals surface area contributed by atoms with Crippen molar-refractivity contribution in [3.63, 3.8) is 0 Å². The van der Waals surface area contributed by atoms with Gasteiger partial charge in [0.15, 0.2) is 0 Å². The van der Waals surface area contributed by atoms with Crippen LogP contribution >= 0.6 is 0 Å². The molecule has 1 aromatic rings. The van der Waals surface area contributed by atoms with Gasteiger partial charge in [0, 0.05) is 5.56 Å². The van der Waals surface area contributed by atoms with Gasteiger partial charge in [-0.3, -0.25) is 0 Å². The number of carboxylic acid groups (broad SMARTS) is 1. The van der Waals surface area contributed by atoms with Crippen molar-refractivity contribution in [2.75, 3.05) is 6.54 Å². The maximum absolute atomic E-state index is 11.2. The first kappa shape index (κ1) is 10.5. The van der Waals surface area contributed by atoms with Gasteiger partial charge in [0.1, 0.15) is 0 Å². The van der Waals surface area contributed by atoms with Crippen LogP contribution in [0.5, 0.6) is 0 Å². The SMILES string of the molecule is Cc1ccc(C2(C(=O)O)CNC(=O)O2)cc1. The lowest BCUT2D eigenvalue weighted by Gasteiger charge is -2.21. The molecule has 0 aromatic heterocycles. The van der Waals surface area contributed by atoms with Crippen molar-refractivity contribution >= 4 is 12.1 Å². The minimum absolute atomic E-state index is 0.0514. The fourth-order valence-electron chi connectivity index (χ4n) is 1.65. The van der Waals surface area contributed by atoms with Crippen molar-refractivity contribution in [3.05, 3.63) is 35.4 Å². The number of carbonyl (C=O) groups is 2. The lowest BCUT2D eigenvalue weighted by atomic mass is 9.93. The molecule has 1 unspecified atom stereocenters. The summed E-state index contributed by atoms with van der Waals surface area (Å²) in [5, 5.41) is 11.5. The number of nitrogens with one attached hydrogen (secondary N) is 1. The van der Waals surface area contributed by atoms with Crippen LogP contribution in [0.15, 0.2) is 24.3 Å². The number of ether oxygens (including phenoxy) is 1. The number of rotatable bonds is 2. The smallest absolute Gasteiger partial charge is 0.408 e. The van der Waals surface area contributed by atoms with E-state index in [2.05, 4.69) is 5.32 Å². The number of alkyl carbamates (subject to hydrolysis) is 1. The fraction of sp³-hybridized carbons (Fsp3) is 0.273. The Labute approximate surface area is 92.0 Å². The Bertz CT molecular complexity index is 440. The quantitative estimate of drug-likeness (QED) is 0.781. The van der Waals surface area contributed by atoms with Crippen LogP contribution in [0, 0.1) is 6.92 Å². The summed E-state index contributed by atoms with van der Waals surface area (Å²) in [4.78, 5) is 22.2. The molecule has 0 bridgehead atoms. The summed E-state index contributed by atoms with van der Waals surface area (Å²) in [7, 11) is 0. The summed E-state index contributed by atoms with van der Waals surface area (Å²) in [6.07, 6.45) is -0.706. The van der Waals surface area contributed by atoms with Gasteiger partial charge in [-0.25, -0.2) is 9.59 Å². The van der Waals surface area contributed by atoms with Crippen LogP contribution in [0.3, 0.4) is 0 Å². The molecule has 1 heterocycles. The Morgan fingerprint density at radius 2 is 2.06 bits per heavy atom. The molecule has 1 fully saturated rings. The molecule has 2 rings (SSSR count). The summed E-state index contributed by atoms with van der Waals surface area (Å²) in [5.74, 6) is -1.17. The number of carbonyl (C=O) groups excluding carboxylic acids is 1. The molecule has 0 spiro atoms. The molecule has 5 heteroatoms. The van der Waals surface area contributed by atoms with Crippen LogP contribution in [-0.2, 0) is 15.1 Å². The number of aliphatic carboxylic acids is 1. The van der Waals surface area contributed by atoms with Gasteiger partial charge in [0.25, 0.3) is 5.60 Å². The number of amides is 1. The predicted molar refractivity (Wildman–Crippen MR) is 55.0 cm³/mol. The van der Waals surface area contributed by atoms with Crippen molar-refractivity contribution in [1.29, 1.82) is 0 Å². The van der Waals surface area contributed by atoms with Gasteiger partial charge < -0.3 is 15.2 Å². The molecule has 0 aliphatic carbocycles. The van der Waals surface area contributed by atoms with E-state index in [9.17, 15) is 14.7 Å². The van der Waals surface area contributed by atoms with Crippen LogP contribution in [-0.4, -0.2) is 23.7 Å². The maximum atomic E-state index is 11.2. The lowest BCUT2D eigenvalue weighted by molar-refractivity contribution is -0.155. The van der Waals surface area contributed by atoms with Gasteiger partial charge in [-0.2, -0.15) is 0 Å². The largest absolute Gasteiger partial charge is 0.478 e. The Morgan fingerprint density at radius 3 is 2.50 bits per heavy atom. The van der Waals surface area contributed by atoms with Crippen molar-refractivity contribution in [1.82, 2.24) is 5.32 Å². The molecule has 0 saturated carbocycles. The van der Waals surface area contributed by atoms with E-state index in [0.29, 0.717) is 5.56 Å². The average Bonchev–Trinajstić information content (AvgIpc) is 2.63. The zero-order valence-electron chi connectivity index (χ0n) is 8.69. The van der Waals surface area contributed by atoms with E-state index >= 15 is 0 Å². The molecule has 1 atom stereocenters. The van der Waals surface area contributed by atoms with E-state index in [1.165, 1.54) is 0 Å². The normalized spacial score (nSPS) is 23.7. The van der Waals surface area contributed by atoms with Crippen LogP contribution in [0.4, 0.5) is 4.79 Å². The van der Waals surface area contributed by atoms with Crippen molar-refractivity contribution in [2.24, 2.45) is 0 Å². The van der Waals surface area contributed by atoms with Gasteiger partial charge in [-0.15, -0.1) is 0 Å². The predicted octanol–water partition coefficient (Wildman–Crippen LogP) is 1.01. The van der Waals surface area contributed by atoms with Gasteiger partial charge in [-0.1, -0.05) is 29.8 Å². The molecule has 1 saturated heterocycles. The Hall–Kier alpha value is -2.04. The average molecular weight is 221 g/mol. The molecule has 1 aliphatic rings. The zero-order chi connectivity index (χ0) is 11.8. The number of aryl methyl sites for hydroxylation is 1. The second kappa shape index (κ2) is 3.52. The third-order valence-corrected chi connectivity index (χ3v) is 2.61. The van der Waals surface area contributed by atoms with Gasteiger partial charge >= 0.3 is 12.1 Å². The highest BCUT2D eigenvalue weighted by atomic mass is 16.6. The summed E-state index contributed by atoms with van der Waals surface area (Å²) >= 11 is 0. The van der Waals surface area contributed by atoms with Crippen LogP contribution in [0.25, 0.3) is 0 Å². The monoisotopic (exact) mass is 221 g/mol. The highest BCUT2D eigenvalue weighted by molar-refractivity contribution is 5.86. The van der Waals surface area contributed by atoms with Crippen LogP contribution in [0.2, 0.25) is 0 Å². The first-order chi connectivity index (χ1) is 7.54. The summed E-state index contributed by atoms with van der Waals surface area (Å²) in [6.45, 7) is 1.85. The van der Waals surface area contributed by atoms with Crippen molar-refractivity contribution in [3.8, 4) is 0 Å². The highest BCUT2D eigenvalue weighted by Gasteiger charge is 2.49. The fourth-order valence-corrected chi connectivity index (χ4v) is 1.65. The van der Waals surface area contributed by atoms with Crippen LogP contribution < -0.4 is 5.32 Å². The second-order valence-corrected chi connectivity index (χ2v) is 3.74. The molecule has 16 heavy (non-hydrogen) atoms. The minimum atomic E-state index is -1.59. The van der Waals surface area contributed by atoms with E-state index in [4.69, 9.17) is 4.74 Å². The summed E-state index contributed by atoms with van der Waals surface area (Å²) < 4.78 is 4.89.